The van der Waals surface area contributed by atoms with Gasteiger partial charge in [-0.3, -0.25) is 0 Å². The lowest BCUT2D eigenvalue weighted by Crippen LogP contribution is -2.14. The predicted molar refractivity (Wildman–Crippen MR) is 105 cm³/mol. The molecule has 4 aromatic rings. The highest BCUT2D eigenvalue weighted by Gasteiger charge is 2.24. The predicted octanol–water partition coefficient (Wildman–Crippen LogP) is 5.09. The third-order valence-electron chi connectivity index (χ3n) is 4.33. The smallest absolute Gasteiger partial charge is 0.247 e. The van der Waals surface area contributed by atoms with Gasteiger partial charge in [-0.25, -0.2) is 4.39 Å². The van der Waals surface area contributed by atoms with Crippen molar-refractivity contribution < 1.29 is 13.5 Å². The Morgan fingerprint density at radius 1 is 0.893 bits per heavy atom. The topological polar surface area (TPSA) is 60.2 Å². The largest absolute Gasteiger partial charge is 0.497 e. The molecule has 1 heterocycles. The Kier molecular flexibility index (Phi) is 5.01. The van der Waals surface area contributed by atoms with Crippen LogP contribution in [0.5, 0.6) is 5.75 Å². The van der Waals surface area contributed by atoms with Gasteiger partial charge in [0.15, 0.2) is 0 Å². The lowest BCUT2D eigenvalue weighted by atomic mass is 10.1. The molecule has 1 N–H and O–H groups in total. The van der Waals surface area contributed by atoms with E-state index in [0.29, 0.717) is 11.5 Å². The molecule has 6 heteroatoms. The van der Waals surface area contributed by atoms with Gasteiger partial charge in [-0.05, 0) is 42.5 Å². The Balaban J connectivity index is 1.71. The number of aromatic nitrogens is 2. The van der Waals surface area contributed by atoms with Crippen LogP contribution in [0.15, 0.2) is 83.3 Å². The van der Waals surface area contributed by atoms with Gasteiger partial charge in [0, 0.05) is 16.8 Å². The Labute approximate surface area is 161 Å². The molecule has 0 amide bonds. The fourth-order valence-corrected chi connectivity index (χ4v) is 2.88. The maximum atomic E-state index is 14.5. The molecule has 0 unspecified atom stereocenters. The lowest BCUT2D eigenvalue weighted by molar-refractivity contribution is 0.415. The first kappa shape index (κ1) is 17.7. The summed E-state index contributed by atoms with van der Waals surface area (Å²) >= 11 is 0. The number of benzene rings is 3. The molecule has 5 nitrogen and oxygen atoms in total. The van der Waals surface area contributed by atoms with Crippen molar-refractivity contribution in [1.82, 2.24) is 10.2 Å². The number of methoxy groups -OCH3 is 1. The summed E-state index contributed by atoms with van der Waals surface area (Å²) in [5, 5.41) is 11.6. The fourth-order valence-electron chi connectivity index (χ4n) is 2.88. The second-order valence-corrected chi connectivity index (χ2v) is 6.14. The molecule has 0 bridgehead atoms. The molecule has 0 saturated heterocycles. The first-order valence-electron chi connectivity index (χ1n) is 8.78. The van der Waals surface area contributed by atoms with Crippen molar-refractivity contribution in [3.05, 3.63) is 96.1 Å². The van der Waals surface area contributed by atoms with E-state index >= 15 is 0 Å². The Morgan fingerprint density at radius 2 is 1.61 bits per heavy atom. The molecule has 0 aliphatic carbocycles. The van der Waals surface area contributed by atoms with Crippen LogP contribution in [0.25, 0.3) is 11.5 Å². The summed E-state index contributed by atoms with van der Waals surface area (Å²) in [4.78, 5) is 0. The minimum atomic E-state index is -0.639. The van der Waals surface area contributed by atoms with Crippen molar-refractivity contribution in [3.8, 4) is 17.2 Å². The lowest BCUT2D eigenvalue weighted by Gasteiger charge is -2.18. The molecule has 1 atom stereocenters. The van der Waals surface area contributed by atoms with Gasteiger partial charge in [0.2, 0.25) is 11.8 Å². The molecule has 1 aromatic heterocycles. The van der Waals surface area contributed by atoms with Gasteiger partial charge in [0.25, 0.3) is 0 Å². The summed E-state index contributed by atoms with van der Waals surface area (Å²) in [7, 11) is 1.61. The number of hydrogen-bond donors (Lipinski definition) is 1. The summed E-state index contributed by atoms with van der Waals surface area (Å²) in [6.45, 7) is 0. The zero-order valence-corrected chi connectivity index (χ0v) is 15.2. The summed E-state index contributed by atoms with van der Waals surface area (Å²) in [5.74, 6) is 1.04. The SMILES string of the molecule is COc1ccc(N[C@H](c2nnc(-c3ccccc3)o2)c2ccccc2F)cc1. The average Bonchev–Trinajstić information content (AvgIpc) is 3.24. The third kappa shape index (κ3) is 3.71. The molecular formula is C22H18FN3O2. The highest BCUT2D eigenvalue weighted by Crippen LogP contribution is 2.30. The van der Waals surface area contributed by atoms with Crippen LogP contribution in [0.2, 0.25) is 0 Å². The second-order valence-electron chi connectivity index (χ2n) is 6.14. The van der Waals surface area contributed by atoms with E-state index in [0.717, 1.165) is 17.0 Å². The van der Waals surface area contributed by atoms with Crippen LogP contribution in [-0.2, 0) is 0 Å². The molecule has 3 aromatic carbocycles. The number of ether oxygens (including phenoxy) is 1. The number of anilines is 1. The zero-order valence-electron chi connectivity index (χ0n) is 15.2. The van der Waals surface area contributed by atoms with Gasteiger partial charge in [0.05, 0.1) is 7.11 Å². The Bertz CT molecular complexity index is 1050. The van der Waals surface area contributed by atoms with Gasteiger partial charge in [-0.2, -0.15) is 0 Å². The third-order valence-corrected chi connectivity index (χ3v) is 4.33. The van der Waals surface area contributed by atoms with Gasteiger partial charge in [-0.15, -0.1) is 10.2 Å². The molecule has 0 spiro atoms. The molecule has 0 aliphatic rings. The summed E-state index contributed by atoms with van der Waals surface area (Å²) in [6.07, 6.45) is 0. The van der Waals surface area contributed by atoms with Gasteiger partial charge >= 0.3 is 0 Å². The van der Waals surface area contributed by atoms with Crippen molar-refractivity contribution in [2.45, 2.75) is 6.04 Å². The van der Waals surface area contributed by atoms with E-state index < -0.39 is 6.04 Å². The number of rotatable bonds is 6. The van der Waals surface area contributed by atoms with E-state index in [1.807, 2.05) is 54.6 Å². The Hall–Kier alpha value is -3.67. The Morgan fingerprint density at radius 3 is 2.32 bits per heavy atom. The van der Waals surface area contributed by atoms with Crippen molar-refractivity contribution in [1.29, 1.82) is 0 Å². The van der Waals surface area contributed by atoms with Gasteiger partial charge < -0.3 is 14.5 Å². The summed E-state index contributed by atoms with van der Waals surface area (Å²) in [6, 6.07) is 22.7. The maximum Gasteiger partial charge on any atom is 0.247 e. The van der Waals surface area contributed by atoms with E-state index in [1.54, 1.807) is 25.3 Å². The highest BCUT2D eigenvalue weighted by atomic mass is 19.1. The molecule has 0 radical (unpaired) electrons. The molecule has 28 heavy (non-hydrogen) atoms. The monoisotopic (exact) mass is 375 g/mol. The van der Waals surface area contributed by atoms with Crippen LogP contribution in [0.3, 0.4) is 0 Å². The number of hydrogen-bond acceptors (Lipinski definition) is 5. The van der Waals surface area contributed by atoms with Crippen molar-refractivity contribution >= 4 is 5.69 Å². The van der Waals surface area contributed by atoms with Crippen LogP contribution in [-0.4, -0.2) is 17.3 Å². The number of halogens is 1. The maximum absolute atomic E-state index is 14.5. The van der Waals surface area contributed by atoms with Crippen molar-refractivity contribution in [3.63, 3.8) is 0 Å². The van der Waals surface area contributed by atoms with Crippen molar-refractivity contribution in [2.75, 3.05) is 12.4 Å². The van der Waals surface area contributed by atoms with Gasteiger partial charge in [0.1, 0.15) is 17.6 Å². The number of nitrogens with zero attached hydrogens (tertiary/aromatic N) is 2. The summed E-state index contributed by atoms with van der Waals surface area (Å²) < 4.78 is 25.6. The van der Waals surface area contributed by atoms with Crippen molar-refractivity contribution in [2.24, 2.45) is 0 Å². The molecule has 0 saturated carbocycles. The normalized spacial score (nSPS) is 11.8. The molecule has 0 aliphatic heterocycles. The quantitative estimate of drug-likeness (QED) is 0.509. The first-order chi connectivity index (χ1) is 13.7. The minimum Gasteiger partial charge on any atom is -0.497 e. The van der Waals surface area contributed by atoms with E-state index in [9.17, 15) is 4.39 Å². The number of nitrogens with one attached hydrogen (secondary N) is 1. The zero-order chi connectivity index (χ0) is 19.3. The van der Waals surface area contributed by atoms with E-state index in [4.69, 9.17) is 9.15 Å². The average molecular weight is 375 g/mol. The van der Waals surface area contributed by atoms with Crippen LogP contribution >= 0.6 is 0 Å². The first-order valence-corrected chi connectivity index (χ1v) is 8.78. The fraction of sp³-hybridized carbons (Fsp3) is 0.0909. The van der Waals surface area contributed by atoms with E-state index in [2.05, 4.69) is 15.5 Å². The molecule has 0 fully saturated rings. The van der Waals surface area contributed by atoms with Crippen LogP contribution < -0.4 is 10.1 Å². The summed E-state index contributed by atoms with van der Waals surface area (Å²) in [5.41, 5.74) is 1.99. The second kappa shape index (κ2) is 7.92. The molecular weight excluding hydrogens is 357 g/mol. The van der Waals surface area contributed by atoms with Crippen LogP contribution in [0.4, 0.5) is 10.1 Å². The van der Waals surface area contributed by atoms with Crippen LogP contribution in [0.1, 0.15) is 17.5 Å². The van der Waals surface area contributed by atoms with Crippen LogP contribution in [0, 0.1) is 5.82 Å². The van der Waals surface area contributed by atoms with Gasteiger partial charge in [-0.1, -0.05) is 36.4 Å². The molecule has 4 rings (SSSR count). The van der Waals surface area contributed by atoms with E-state index in [-0.39, 0.29) is 11.7 Å². The standard InChI is InChI=1S/C22H18FN3O2/c1-27-17-13-11-16(12-14-17)24-20(18-9-5-6-10-19(18)23)22-26-25-21(28-22)15-7-3-2-4-8-15/h2-14,20,24H,1H3/t20-/m0/s1. The molecule has 140 valence electrons. The van der Waals surface area contributed by atoms with E-state index in [1.165, 1.54) is 6.07 Å². The minimum absolute atomic E-state index is 0.278. The highest BCUT2D eigenvalue weighted by molar-refractivity contribution is 5.53.